The number of para-hydroxylation sites is 3. The van der Waals surface area contributed by atoms with Crippen LogP contribution in [0, 0.1) is 5.92 Å². The second-order valence-corrected chi connectivity index (χ2v) is 8.47. The van der Waals surface area contributed by atoms with E-state index in [2.05, 4.69) is 0 Å². The lowest BCUT2D eigenvalue weighted by Gasteiger charge is -2.45. The molecule has 174 valence electrons. The van der Waals surface area contributed by atoms with Crippen LogP contribution >= 0.6 is 0 Å². The number of carbonyl (C=O) groups is 3. The Morgan fingerprint density at radius 3 is 2.03 bits per heavy atom. The van der Waals surface area contributed by atoms with E-state index in [1.807, 2.05) is 44.2 Å². The van der Waals surface area contributed by atoms with Crippen molar-refractivity contribution in [3.63, 3.8) is 0 Å². The molecule has 0 saturated heterocycles. The number of amides is 3. The van der Waals surface area contributed by atoms with Gasteiger partial charge in [0.25, 0.3) is 0 Å². The second-order valence-electron chi connectivity index (χ2n) is 8.47. The van der Waals surface area contributed by atoms with Crippen LogP contribution in [0.5, 0.6) is 5.75 Å². The third kappa shape index (κ3) is 3.59. The van der Waals surface area contributed by atoms with E-state index in [0.717, 1.165) is 0 Å². The van der Waals surface area contributed by atoms with Crippen LogP contribution in [0.4, 0.5) is 17.1 Å². The molecule has 1 aliphatic rings. The number of fused-ring (bicyclic) bond motifs is 1. The zero-order chi connectivity index (χ0) is 24.5. The third-order valence-electron chi connectivity index (χ3n) is 6.27. The molecule has 1 unspecified atom stereocenters. The quantitative estimate of drug-likeness (QED) is 0.563. The Balaban J connectivity index is 2.01. The average Bonchev–Trinajstić information content (AvgIpc) is 2.94. The first-order valence-corrected chi connectivity index (χ1v) is 11.1. The SMILES string of the molecule is COc1ccc(C(C(N)=O)(C(C)C)N2C(=O)CC(=O)N(c3ccccc3)c3ccccc32)cc1. The van der Waals surface area contributed by atoms with Gasteiger partial charge in [0.2, 0.25) is 17.7 Å². The summed E-state index contributed by atoms with van der Waals surface area (Å²) in [4.78, 5) is 43.4. The topological polar surface area (TPSA) is 92.9 Å². The van der Waals surface area contributed by atoms with E-state index in [1.54, 1.807) is 55.6 Å². The van der Waals surface area contributed by atoms with Gasteiger partial charge >= 0.3 is 0 Å². The number of hydrogen-bond acceptors (Lipinski definition) is 4. The fourth-order valence-corrected chi connectivity index (χ4v) is 4.75. The van der Waals surface area contributed by atoms with Crippen molar-refractivity contribution in [2.75, 3.05) is 16.9 Å². The van der Waals surface area contributed by atoms with Crippen LogP contribution in [0.3, 0.4) is 0 Å². The van der Waals surface area contributed by atoms with E-state index in [4.69, 9.17) is 10.5 Å². The number of nitrogens with two attached hydrogens (primary N) is 1. The summed E-state index contributed by atoms with van der Waals surface area (Å²) in [5.41, 5.74) is 6.67. The highest BCUT2D eigenvalue weighted by Crippen LogP contribution is 2.46. The number of anilines is 3. The van der Waals surface area contributed by atoms with Gasteiger partial charge in [-0.05, 0) is 47.9 Å². The van der Waals surface area contributed by atoms with Gasteiger partial charge in [-0.3, -0.25) is 24.2 Å². The van der Waals surface area contributed by atoms with E-state index in [0.29, 0.717) is 28.4 Å². The normalized spacial score (nSPS) is 15.5. The molecule has 0 fully saturated rings. The molecule has 7 heteroatoms. The van der Waals surface area contributed by atoms with E-state index in [9.17, 15) is 14.4 Å². The van der Waals surface area contributed by atoms with Crippen LogP contribution in [0.25, 0.3) is 0 Å². The van der Waals surface area contributed by atoms with Gasteiger partial charge in [0.15, 0.2) is 5.54 Å². The Morgan fingerprint density at radius 1 is 0.882 bits per heavy atom. The van der Waals surface area contributed by atoms with E-state index in [1.165, 1.54) is 9.80 Å². The zero-order valence-corrected chi connectivity index (χ0v) is 19.4. The first kappa shape index (κ1) is 23.0. The van der Waals surface area contributed by atoms with Crippen molar-refractivity contribution < 1.29 is 19.1 Å². The van der Waals surface area contributed by atoms with Crippen LogP contribution < -0.4 is 20.3 Å². The smallest absolute Gasteiger partial charge is 0.248 e. The lowest BCUT2D eigenvalue weighted by atomic mass is 9.76. The third-order valence-corrected chi connectivity index (χ3v) is 6.27. The Kier molecular flexibility index (Phi) is 6.11. The lowest BCUT2D eigenvalue weighted by molar-refractivity contribution is -0.132. The number of rotatable bonds is 6. The number of methoxy groups -OCH3 is 1. The molecule has 7 nitrogen and oxygen atoms in total. The van der Waals surface area contributed by atoms with E-state index in [-0.39, 0.29) is 5.91 Å². The van der Waals surface area contributed by atoms with E-state index < -0.39 is 29.7 Å². The molecule has 3 aromatic rings. The minimum Gasteiger partial charge on any atom is -0.497 e. The molecular weight excluding hydrogens is 430 g/mol. The molecule has 34 heavy (non-hydrogen) atoms. The maximum absolute atomic E-state index is 13.8. The maximum Gasteiger partial charge on any atom is 0.248 e. The molecule has 1 heterocycles. The highest BCUT2D eigenvalue weighted by molar-refractivity contribution is 6.20. The van der Waals surface area contributed by atoms with Crippen molar-refractivity contribution in [1.82, 2.24) is 0 Å². The minimum atomic E-state index is -1.54. The number of nitrogens with zero attached hydrogens (tertiary/aromatic N) is 2. The van der Waals surface area contributed by atoms with Gasteiger partial charge in [0, 0.05) is 5.69 Å². The van der Waals surface area contributed by atoms with Crippen LogP contribution in [0.2, 0.25) is 0 Å². The first-order chi connectivity index (χ1) is 16.3. The number of carbonyl (C=O) groups excluding carboxylic acids is 3. The molecule has 3 aromatic carbocycles. The molecule has 0 aliphatic carbocycles. The predicted octanol–water partition coefficient (Wildman–Crippen LogP) is 4.13. The van der Waals surface area contributed by atoms with Crippen molar-refractivity contribution in [3.8, 4) is 5.75 Å². The fraction of sp³-hybridized carbons (Fsp3) is 0.222. The van der Waals surface area contributed by atoms with Gasteiger partial charge in [-0.25, -0.2) is 0 Å². The zero-order valence-electron chi connectivity index (χ0n) is 19.4. The summed E-state index contributed by atoms with van der Waals surface area (Å²) in [7, 11) is 1.55. The van der Waals surface area contributed by atoms with Crippen molar-refractivity contribution >= 4 is 34.8 Å². The van der Waals surface area contributed by atoms with E-state index >= 15 is 0 Å². The molecule has 4 rings (SSSR count). The lowest BCUT2D eigenvalue weighted by Crippen LogP contribution is -2.60. The van der Waals surface area contributed by atoms with Gasteiger partial charge < -0.3 is 10.5 Å². The van der Waals surface area contributed by atoms with Crippen molar-refractivity contribution in [1.29, 1.82) is 0 Å². The van der Waals surface area contributed by atoms with Crippen molar-refractivity contribution in [2.45, 2.75) is 25.8 Å². The Labute approximate surface area is 198 Å². The highest BCUT2D eigenvalue weighted by atomic mass is 16.5. The first-order valence-electron chi connectivity index (χ1n) is 11.1. The molecule has 1 aliphatic heterocycles. The highest BCUT2D eigenvalue weighted by Gasteiger charge is 2.52. The molecule has 3 amide bonds. The van der Waals surface area contributed by atoms with Crippen LogP contribution in [-0.4, -0.2) is 24.8 Å². The standard InChI is InChI=1S/C27H27N3O4/c1-18(2)27(26(28)33,19-13-15-21(34-3)16-14-19)30-23-12-8-7-11-22(23)29(24(31)17-25(30)32)20-9-5-4-6-10-20/h4-16,18H,17H2,1-3H3,(H2,28,33). The summed E-state index contributed by atoms with van der Waals surface area (Å²) in [5.74, 6) is -1.37. The molecule has 0 spiro atoms. The number of benzene rings is 3. The molecule has 0 bridgehead atoms. The predicted molar refractivity (Wildman–Crippen MR) is 131 cm³/mol. The van der Waals surface area contributed by atoms with Crippen LogP contribution in [-0.2, 0) is 19.9 Å². The van der Waals surface area contributed by atoms with Gasteiger partial charge in [-0.2, -0.15) is 0 Å². The van der Waals surface area contributed by atoms with Gasteiger partial charge in [-0.1, -0.05) is 56.3 Å². The Morgan fingerprint density at radius 2 is 1.47 bits per heavy atom. The Hall–Kier alpha value is -4.13. The Bertz CT molecular complexity index is 1220. The monoisotopic (exact) mass is 457 g/mol. The molecule has 0 aromatic heterocycles. The largest absolute Gasteiger partial charge is 0.497 e. The molecule has 2 N–H and O–H groups in total. The number of ether oxygens (including phenoxy) is 1. The molecule has 1 atom stereocenters. The number of primary amides is 1. The van der Waals surface area contributed by atoms with Crippen molar-refractivity contribution in [3.05, 3.63) is 84.4 Å². The number of hydrogen-bond donors (Lipinski definition) is 1. The summed E-state index contributed by atoms with van der Waals surface area (Å²) in [6, 6.07) is 23.1. The summed E-state index contributed by atoms with van der Waals surface area (Å²) >= 11 is 0. The second kappa shape index (κ2) is 9.02. The fourth-order valence-electron chi connectivity index (χ4n) is 4.75. The summed E-state index contributed by atoms with van der Waals surface area (Å²) in [6.07, 6.45) is -0.415. The van der Waals surface area contributed by atoms with Crippen molar-refractivity contribution in [2.24, 2.45) is 11.7 Å². The van der Waals surface area contributed by atoms with Gasteiger partial charge in [0.1, 0.15) is 12.2 Å². The average molecular weight is 458 g/mol. The summed E-state index contributed by atoms with van der Waals surface area (Å²) in [6.45, 7) is 3.68. The van der Waals surface area contributed by atoms with Crippen LogP contribution in [0.1, 0.15) is 25.8 Å². The van der Waals surface area contributed by atoms with Gasteiger partial charge in [0.05, 0.1) is 18.5 Å². The minimum absolute atomic E-state index is 0.386. The molecular formula is C27H27N3O4. The molecule has 0 radical (unpaired) electrons. The van der Waals surface area contributed by atoms with Gasteiger partial charge in [-0.15, -0.1) is 0 Å². The molecule has 0 saturated carbocycles. The van der Waals surface area contributed by atoms with Crippen LogP contribution in [0.15, 0.2) is 78.9 Å². The maximum atomic E-state index is 13.8. The summed E-state index contributed by atoms with van der Waals surface area (Å²) < 4.78 is 5.27. The summed E-state index contributed by atoms with van der Waals surface area (Å²) in [5, 5.41) is 0.